The van der Waals surface area contributed by atoms with Gasteiger partial charge in [-0.05, 0) is 79.0 Å². The second kappa shape index (κ2) is 17.5. The number of carbonyl (C=O) groups excluding carboxylic acids is 4. The van der Waals surface area contributed by atoms with Crippen LogP contribution >= 0.6 is 0 Å². The van der Waals surface area contributed by atoms with Gasteiger partial charge in [0, 0.05) is 37.0 Å². The van der Waals surface area contributed by atoms with Crippen LogP contribution in [0, 0.1) is 11.8 Å². The molecule has 15 nitrogen and oxygen atoms in total. The number of methoxy groups -OCH3 is 2. The van der Waals surface area contributed by atoms with Crippen molar-refractivity contribution in [3.05, 3.63) is 70.4 Å². The smallest absolute Gasteiger partial charge is 0.407 e. The van der Waals surface area contributed by atoms with Gasteiger partial charge in [0.2, 0.25) is 17.2 Å². The van der Waals surface area contributed by atoms with Crippen molar-refractivity contribution in [1.82, 2.24) is 30.4 Å². The van der Waals surface area contributed by atoms with Gasteiger partial charge in [0.1, 0.15) is 29.1 Å². The number of carbonyl (C=O) groups is 4. The predicted octanol–water partition coefficient (Wildman–Crippen LogP) is 6.72. The van der Waals surface area contributed by atoms with Crippen LogP contribution < -0.4 is 16.1 Å². The van der Waals surface area contributed by atoms with E-state index < -0.39 is 24.3 Å². The molecule has 2 fully saturated rings. The van der Waals surface area contributed by atoms with Crippen molar-refractivity contribution in [2.75, 3.05) is 27.3 Å². The standard InChI is InChI=1S/C44H53N7O8/c1-7-24(3)37(48-43(55)57-5)41(53)50-17-9-11-33(50)31-20-28(22-45-31)26-13-15-29-36(21-26)59-35-16-14-27(19-30(35)39(29)52)32-23-46-40(47-32)34-12-10-18-51(34)42(54)38(25(4)8-2)49-44(56)58-6/h13-16,19,21-25,33-34,37-38H,7-12,17-18,20H2,1-6H3,(H,46,47)(H,48,55)(H,49,56)/t24-,25-,33-,34-,37-,38-/m0/s1. The van der Waals surface area contributed by atoms with E-state index in [4.69, 9.17) is 18.9 Å². The Labute approximate surface area is 342 Å². The molecule has 7 rings (SSSR count). The summed E-state index contributed by atoms with van der Waals surface area (Å²) in [6.07, 6.45) is 7.36. The van der Waals surface area contributed by atoms with Crippen LogP contribution in [-0.4, -0.2) is 94.9 Å². The summed E-state index contributed by atoms with van der Waals surface area (Å²) in [7, 11) is 2.57. The summed E-state index contributed by atoms with van der Waals surface area (Å²) in [5.41, 5.74) is 4.90. The third kappa shape index (κ3) is 8.19. The number of nitrogens with one attached hydrogen (secondary N) is 3. The number of benzene rings is 2. The normalized spacial score (nSPS) is 19.9. The molecule has 15 heteroatoms. The fraction of sp³-hybridized carbons (Fsp3) is 0.477. The van der Waals surface area contributed by atoms with Crippen molar-refractivity contribution in [3.63, 3.8) is 0 Å². The molecule has 3 aliphatic heterocycles. The Morgan fingerprint density at radius 2 is 1.44 bits per heavy atom. The number of hydrogen-bond donors (Lipinski definition) is 3. The van der Waals surface area contributed by atoms with E-state index in [0.717, 1.165) is 54.5 Å². The van der Waals surface area contributed by atoms with Gasteiger partial charge in [-0.25, -0.2) is 14.6 Å². The average Bonchev–Trinajstić information content (AvgIpc) is 4.10. The molecular formula is C44H53N7O8. The maximum absolute atomic E-state index is 13.9. The van der Waals surface area contributed by atoms with Crippen molar-refractivity contribution in [3.8, 4) is 11.3 Å². The number of aromatic nitrogens is 2. The first-order chi connectivity index (χ1) is 28.5. The maximum atomic E-state index is 13.9. The van der Waals surface area contributed by atoms with E-state index in [1.807, 2.05) is 57.0 Å². The van der Waals surface area contributed by atoms with Crippen molar-refractivity contribution < 1.29 is 33.1 Å². The molecular weight excluding hydrogens is 755 g/mol. The molecule has 312 valence electrons. The summed E-state index contributed by atoms with van der Waals surface area (Å²) >= 11 is 0. The number of rotatable bonds is 12. The van der Waals surface area contributed by atoms with Gasteiger partial charge >= 0.3 is 12.2 Å². The zero-order valence-electron chi connectivity index (χ0n) is 34.5. The molecule has 0 spiro atoms. The van der Waals surface area contributed by atoms with Crippen LogP contribution in [0.25, 0.3) is 38.8 Å². The van der Waals surface area contributed by atoms with Crippen LogP contribution in [0.1, 0.15) is 90.1 Å². The molecule has 2 aromatic heterocycles. The number of likely N-dealkylation sites (tertiary alicyclic amines) is 2. The molecule has 4 amide bonds. The van der Waals surface area contributed by atoms with E-state index in [1.54, 1.807) is 29.3 Å². The first-order valence-electron chi connectivity index (χ1n) is 20.6. The Hall–Kier alpha value is -5.99. The Morgan fingerprint density at radius 1 is 0.831 bits per heavy atom. The number of hydrogen-bond acceptors (Lipinski definition) is 10. The SMILES string of the molecule is CC[C@H](C)[C@H](NC(=O)OC)C(=O)N1CCC[C@H]1C1=NC=C(c2ccc3c(=O)c4cc(-c5cnc([C@@H]6CCCN6C(=O)[C@@H](NC(=O)OC)[C@@H](C)CC)[nH]5)ccc4oc3c2)C1. The van der Waals surface area contributed by atoms with Crippen LogP contribution in [0.2, 0.25) is 0 Å². The first-order valence-corrected chi connectivity index (χ1v) is 20.6. The van der Waals surface area contributed by atoms with Crippen molar-refractivity contribution in [1.29, 1.82) is 0 Å². The number of H-pyrrole nitrogens is 1. The highest BCUT2D eigenvalue weighted by atomic mass is 16.5. The fourth-order valence-electron chi connectivity index (χ4n) is 8.49. The van der Waals surface area contributed by atoms with Crippen LogP contribution in [-0.2, 0) is 19.1 Å². The summed E-state index contributed by atoms with van der Waals surface area (Å²) in [6.45, 7) is 8.97. The number of ether oxygens (including phenoxy) is 2. The molecule has 6 atom stereocenters. The van der Waals surface area contributed by atoms with Crippen molar-refractivity contribution >= 4 is 57.2 Å². The molecule has 2 saturated heterocycles. The van der Waals surface area contributed by atoms with E-state index in [0.29, 0.717) is 59.4 Å². The second-order valence-electron chi connectivity index (χ2n) is 15.9. The number of fused-ring (bicyclic) bond motifs is 2. The third-order valence-electron chi connectivity index (χ3n) is 12.4. The van der Waals surface area contributed by atoms with Gasteiger partial charge in [0.25, 0.3) is 0 Å². The molecule has 0 unspecified atom stereocenters. The number of allylic oxidation sites excluding steroid dienone is 1. The number of aromatic amines is 1. The van der Waals surface area contributed by atoms with Gasteiger partial charge < -0.3 is 39.3 Å². The highest BCUT2D eigenvalue weighted by molar-refractivity contribution is 6.04. The second-order valence-corrected chi connectivity index (χ2v) is 15.9. The van der Waals surface area contributed by atoms with E-state index in [9.17, 15) is 24.0 Å². The molecule has 3 N–H and O–H groups in total. The van der Waals surface area contributed by atoms with Crippen molar-refractivity contribution in [2.45, 2.75) is 96.8 Å². The number of amides is 4. The van der Waals surface area contributed by atoms with Gasteiger partial charge in [-0.1, -0.05) is 46.6 Å². The van der Waals surface area contributed by atoms with E-state index in [1.165, 1.54) is 14.2 Å². The fourth-order valence-corrected chi connectivity index (χ4v) is 8.49. The topological polar surface area (TPSA) is 189 Å². The molecule has 2 aromatic carbocycles. The Morgan fingerprint density at radius 3 is 2.07 bits per heavy atom. The van der Waals surface area contributed by atoms with Crippen molar-refractivity contribution in [2.24, 2.45) is 16.8 Å². The Balaban J connectivity index is 1.07. The van der Waals surface area contributed by atoms with E-state index >= 15 is 0 Å². The molecule has 0 radical (unpaired) electrons. The number of nitrogens with zero attached hydrogens (tertiary/aromatic N) is 4. The molecule has 59 heavy (non-hydrogen) atoms. The van der Waals surface area contributed by atoms with Crippen LogP contribution in [0.15, 0.2) is 63.0 Å². The molecule has 0 bridgehead atoms. The van der Waals surface area contributed by atoms with E-state index in [2.05, 4.69) is 20.6 Å². The van der Waals surface area contributed by atoms with Crippen LogP contribution in [0.5, 0.6) is 0 Å². The lowest BCUT2D eigenvalue weighted by Crippen LogP contribution is -2.54. The van der Waals surface area contributed by atoms with Gasteiger partial charge in [-0.15, -0.1) is 0 Å². The monoisotopic (exact) mass is 807 g/mol. The van der Waals surface area contributed by atoms with Crippen LogP contribution in [0.4, 0.5) is 9.59 Å². The summed E-state index contributed by atoms with van der Waals surface area (Å²) in [6, 6.07) is 9.11. The lowest BCUT2D eigenvalue weighted by atomic mass is 9.95. The minimum atomic E-state index is -0.722. The average molecular weight is 808 g/mol. The number of aliphatic imine (C=N–C) groups is 1. The molecule has 0 aliphatic carbocycles. The lowest BCUT2D eigenvalue weighted by molar-refractivity contribution is -0.136. The predicted molar refractivity (Wildman–Crippen MR) is 224 cm³/mol. The summed E-state index contributed by atoms with van der Waals surface area (Å²) in [5.74, 6) is 0.163. The van der Waals surface area contributed by atoms with Gasteiger partial charge in [-0.3, -0.25) is 19.4 Å². The molecule has 3 aliphatic rings. The summed E-state index contributed by atoms with van der Waals surface area (Å²) in [4.78, 5) is 82.1. The Kier molecular flexibility index (Phi) is 12.2. The quantitative estimate of drug-likeness (QED) is 0.131. The zero-order chi connectivity index (χ0) is 42.0. The first kappa shape index (κ1) is 41.2. The highest BCUT2D eigenvalue weighted by Gasteiger charge is 2.40. The summed E-state index contributed by atoms with van der Waals surface area (Å²) < 4.78 is 15.9. The minimum Gasteiger partial charge on any atom is -0.456 e. The highest BCUT2D eigenvalue weighted by Crippen LogP contribution is 2.35. The lowest BCUT2D eigenvalue weighted by Gasteiger charge is -2.31. The van der Waals surface area contributed by atoms with Gasteiger partial charge in [0.05, 0.1) is 49.0 Å². The van der Waals surface area contributed by atoms with Gasteiger partial charge in [-0.2, -0.15) is 0 Å². The van der Waals surface area contributed by atoms with Crippen LogP contribution in [0.3, 0.4) is 0 Å². The molecule has 5 heterocycles. The number of imidazole rings is 1. The van der Waals surface area contributed by atoms with Gasteiger partial charge in [0.15, 0.2) is 0 Å². The zero-order valence-corrected chi connectivity index (χ0v) is 34.5. The molecule has 0 saturated carbocycles. The molecule has 4 aromatic rings. The third-order valence-corrected chi connectivity index (χ3v) is 12.4. The Bertz CT molecular complexity index is 2380. The largest absolute Gasteiger partial charge is 0.456 e. The summed E-state index contributed by atoms with van der Waals surface area (Å²) in [5, 5.41) is 6.34. The maximum Gasteiger partial charge on any atom is 0.407 e. The minimum absolute atomic E-state index is 0.0745. The van der Waals surface area contributed by atoms with E-state index in [-0.39, 0.29) is 41.2 Å². The number of alkyl carbamates (subject to hydrolysis) is 2.